The van der Waals surface area contributed by atoms with Crippen LogP contribution >= 0.6 is 0 Å². The van der Waals surface area contributed by atoms with Crippen LogP contribution in [0.15, 0.2) is 59.5 Å². The van der Waals surface area contributed by atoms with E-state index in [2.05, 4.69) is 6.07 Å². The van der Waals surface area contributed by atoms with E-state index in [0.717, 1.165) is 11.1 Å². The van der Waals surface area contributed by atoms with Crippen molar-refractivity contribution in [3.8, 4) is 6.07 Å². The van der Waals surface area contributed by atoms with Crippen LogP contribution < -0.4 is 0 Å². The van der Waals surface area contributed by atoms with Crippen molar-refractivity contribution in [1.29, 1.82) is 5.26 Å². The molecule has 5 heteroatoms. The molecule has 2 aromatic rings. The summed E-state index contributed by atoms with van der Waals surface area (Å²) < 4.78 is 25.9. The maximum Gasteiger partial charge on any atom is 0.183 e. The highest BCUT2D eigenvalue weighted by Crippen LogP contribution is 2.63. The highest BCUT2D eigenvalue weighted by atomic mass is 32.2. The van der Waals surface area contributed by atoms with Gasteiger partial charge in [0.1, 0.15) is 5.41 Å². The summed E-state index contributed by atoms with van der Waals surface area (Å²) >= 11 is 0. The van der Waals surface area contributed by atoms with Crippen molar-refractivity contribution in [1.82, 2.24) is 0 Å². The molecule has 1 aliphatic rings. The van der Waals surface area contributed by atoms with Gasteiger partial charge in [0, 0.05) is 5.92 Å². The maximum atomic E-state index is 13.0. The fourth-order valence-electron chi connectivity index (χ4n) is 3.22. The molecule has 0 radical (unpaired) electrons. The number of nitriles is 1. The van der Waals surface area contributed by atoms with Gasteiger partial charge in [-0.25, -0.2) is 8.42 Å². The molecule has 0 saturated heterocycles. The Morgan fingerprint density at radius 3 is 2.26 bits per heavy atom. The van der Waals surface area contributed by atoms with E-state index in [9.17, 15) is 18.8 Å². The Bertz CT molecular complexity index is 853. The van der Waals surface area contributed by atoms with Gasteiger partial charge in [0.05, 0.1) is 22.8 Å². The van der Waals surface area contributed by atoms with E-state index in [0.29, 0.717) is 0 Å². The van der Waals surface area contributed by atoms with Gasteiger partial charge in [-0.3, -0.25) is 0 Å². The van der Waals surface area contributed by atoms with E-state index in [4.69, 9.17) is 0 Å². The lowest BCUT2D eigenvalue weighted by atomic mass is 10.0. The quantitative estimate of drug-likeness (QED) is 0.935. The summed E-state index contributed by atoms with van der Waals surface area (Å²) in [6.07, 6.45) is 0. The van der Waals surface area contributed by atoms with Gasteiger partial charge in [0.2, 0.25) is 0 Å². The van der Waals surface area contributed by atoms with Gasteiger partial charge in [0.25, 0.3) is 0 Å². The first-order valence-electron chi connectivity index (χ1n) is 7.35. The average Bonchev–Trinajstić information content (AvgIpc) is 3.27. The number of aliphatic hydroxyl groups is 1. The lowest BCUT2D eigenvalue weighted by molar-refractivity contribution is 0.242. The topological polar surface area (TPSA) is 78.2 Å². The van der Waals surface area contributed by atoms with Crippen LogP contribution in [-0.2, 0) is 9.84 Å². The van der Waals surface area contributed by atoms with Crippen LogP contribution in [0, 0.1) is 23.7 Å². The number of sulfone groups is 1. The van der Waals surface area contributed by atoms with E-state index in [1.165, 1.54) is 0 Å². The largest absolute Gasteiger partial charge is 0.395 e. The standard InChI is InChI=1S/C18H17NO3S/c1-13-7-9-15(10-8-13)23(21,22)17-16(18(17,11-19)12-20)14-5-3-2-4-6-14/h2-10,16-17,20H,12H2,1H3/t16-,17-,18-/m1/s1. The van der Waals surface area contributed by atoms with Gasteiger partial charge >= 0.3 is 0 Å². The van der Waals surface area contributed by atoms with Crippen LogP contribution in [0.2, 0.25) is 0 Å². The molecule has 3 rings (SSSR count). The maximum absolute atomic E-state index is 13.0. The molecular formula is C18H17NO3S. The lowest BCUT2D eigenvalue weighted by Crippen LogP contribution is -2.18. The van der Waals surface area contributed by atoms with Crippen molar-refractivity contribution < 1.29 is 13.5 Å². The molecule has 1 saturated carbocycles. The molecule has 23 heavy (non-hydrogen) atoms. The molecule has 3 atom stereocenters. The van der Waals surface area contributed by atoms with Crippen molar-refractivity contribution >= 4 is 9.84 Å². The van der Waals surface area contributed by atoms with Gasteiger partial charge in [-0.1, -0.05) is 48.0 Å². The van der Waals surface area contributed by atoms with Crippen LogP contribution in [0.1, 0.15) is 17.0 Å². The smallest absolute Gasteiger partial charge is 0.183 e. The van der Waals surface area contributed by atoms with Crippen LogP contribution in [0.25, 0.3) is 0 Å². The molecule has 1 N–H and O–H groups in total. The molecule has 0 bridgehead atoms. The number of benzene rings is 2. The first-order valence-corrected chi connectivity index (χ1v) is 8.89. The summed E-state index contributed by atoms with van der Waals surface area (Å²) in [5, 5.41) is 18.3. The third kappa shape index (κ3) is 2.35. The molecule has 0 aliphatic heterocycles. The van der Waals surface area contributed by atoms with Gasteiger partial charge in [-0.15, -0.1) is 0 Å². The Kier molecular flexibility index (Phi) is 3.75. The zero-order valence-corrected chi connectivity index (χ0v) is 13.5. The zero-order chi connectivity index (χ0) is 16.7. The van der Waals surface area contributed by atoms with Gasteiger partial charge in [0.15, 0.2) is 9.84 Å². The van der Waals surface area contributed by atoms with E-state index in [-0.39, 0.29) is 4.90 Å². The summed E-state index contributed by atoms with van der Waals surface area (Å²) in [6.45, 7) is 1.41. The summed E-state index contributed by atoms with van der Waals surface area (Å²) in [5.41, 5.74) is 0.460. The Labute approximate surface area is 135 Å². The van der Waals surface area contributed by atoms with Crippen LogP contribution in [0.4, 0.5) is 0 Å². The van der Waals surface area contributed by atoms with Gasteiger partial charge < -0.3 is 5.11 Å². The Hall–Kier alpha value is -2.16. The normalized spacial score (nSPS) is 26.5. The molecule has 1 fully saturated rings. The van der Waals surface area contributed by atoms with Crippen molar-refractivity contribution in [3.05, 3.63) is 65.7 Å². The van der Waals surface area contributed by atoms with E-state index in [1.807, 2.05) is 25.1 Å². The van der Waals surface area contributed by atoms with Crippen LogP contribution in [0.3, 0.4) is 0 Å². The minimum Gasteiger partial charge on any atom is -0.395 e. The Morgan fingerprint density at radius 1 is 1.13 bits per heavy atom. The van der Waals surface area contributed by atoms with E-state index < -0.39 is 33.0 Å². The van der Waals surface area contributed by atoms with Crippen molar-refractivity contribution in [2.45, 2.75) is 23.0 Å². The Balaban J connectivity index is 2.07. The van der Waals surface area contributed by atoms with Crippen molar-refractivity contribution in [2.24, 2.45) is 5.41 Å². The number of rotatable bonds is 4. The predicted octanol–water partition coefficient (Wildman–Crippen LogP) is 2.44. The second-order valence-corrected chi connectivity index (χ2v) is 8.05. The number of nitrogens with zero attached hydrogens (tertiary/aromatic N) is 1. The summed E-state index contributed by atoms with van der Waals surface area (Å²) in [4.78, 5) is 0.194. The van der Waals surface area contributed by atoms with Crippen molar-refractivity contribution in [3.63, 3.8) is 0 Å². The number of hydrogen-bond donors (Lipinski definition) is 1. The first-order chi connectivity index (χ1) is 11.0. The molecular weight excluding hydrogens is 310 g/mol. The monoisotopic (exact) mass is 327 g/mol. The number of aryl methyl sites for hydroxylation is 1. The predicted molar refractivity (Wildman–Crippen MR) is 86.5 cm³/mol. The minimum absolute atomic E-state index is 0.194. The zero-order valence-electron chi connectivity index (χ0n) is 12.7. The average molecular weight is 327 g/mol. The van der Waals surface area contributed by atoms with Gasteiger partial charge in [-0.05, 0) is 24.6 Å². The molecule has 1 aliphatic carbocycles. The molecule has 0 amide bonds. The third-order valence-corrected chi connectivity index (χ3v) is 6.86. The fraction of sp³-hybridized carbons (Fsp3) is 0.278. The molecule has 0 heterocycles. The molecule has 0 aromatic heterocycles. The second-order valence-electron chi connectivity index (χ2n) is 5.98. The number of aliphatic hydroxyl groups excluding tert-OH is 1. The lowest BCUT2D eigenvalue weighted by Gasteiger charge is -2.06. The highest BCUT2D eigenvalue weighted by molar-refractivity contribution is 7.92. The summed E-state index contributed by atoms with van der Waals surface area (Å²) in [7, 11) is -3.69. The third-order valence-electron chi connectivity index (χ3n) is 4.57. The minimum atomic E-state index is -3.69. The van der Waals surface area contributed by atoms with Crippen molar-refractivity contribution in [2.75, 3.05) is 6.61 Å². The number of hydrogen-bond acceptors (Lipinski definition) is 4. The van der Waals surface area contributed by atoms with E-state index in [1.54, 1.807) is 36.4 Å². The van der Waals surface area contributed by atoms with Crippen LogP contribution in [0.5, 0.6) is 0 Å². The second kappa shape index (κ2) is 5.48. The highest BCUT2D eigenvalue weighted by Gasteiger charge is 2.72. The molecule has 4 nitrogen and oxygen atoms in total. The first kappa shape index (κ1) is 15.7. The molecule has 0 spiro atoms. The fourth-order valence-corrected chi connectivity index (χ4v) is 5.54. The molecule has 2 aromatic carbocycles. The SMILES string of the molecule is Cc1ccc(S(=O)(=O)[C@@H]2[C@@H](c3ccccc3)[C@@]2(C#N)CO)cc1. The van der Waals surface area contributed by atoms with Gasteiger partial charge in [-0.2, -0.15) is 5.26 Å². The van der Waals surface area contributed by atoms with Crippen LogP contribution in [-0.4, -0.2) is 25.4 Å². The molecule has 0 unspecified atom stereocenters. The van der Waals surface area contributed by atoms with E-state index >= 15 is 0 Å². The summed E-state index contributed by atoms with van der Waals surface area (Å²) in [6, 6.07) is 17.7. The summed E-state index contributed by atoms with van der Waals surface area (Å²) in [5.74, 6) is -0.509. The Morgan fingerprint density at radius 2 is 1.74 bits per heavy atom. The molecule has 118 valence electrons.